The van der Waals surface area contributed by atoms with Gasteiger partial charge in [-0.3, -0.25) is 19.3 Å². The normalized spacial score (nSPS) is 20.4. The van der Waals surface area contributed by atoms with Gasteiger partial charge in [0.15, 0.2) is 0 Å². The van der Waals surface area contributed by atoms with Crippen molar-refractivity contribution in [3.63, 3.8) is 0 Å². The number of Topliss-reactive ketones (excluding diaryl/α,β-unsaturated/α-hetero) is 1. The lowest BCUT2D eigenvalue weighted by molar-refractivity contribution is -0.144. The molecule has 0 aliphatic carbocycles. The van der Waals surface area contributed by atoms with Crippen LogP contribution in [0.2, 0.25) is 10.0 Å². The molecule has 0 spiro atoms. The third-order valence-electron chi connectivity index (χ3n) is 5.30. The first kappa shape index (κ1) is 22.0. The number of benzene rings is 1. The second-order valence-electron chi connectivity index (χ2n) is 7.42. The van der Waals surface area contributed by atoms with Crippen molar-refractivity contribution in [1.82, 2.24) is 14.7 Å². The fourth-order valence-electron chi connectivity index (χ4n) is 3.64. The van der Waals surface area contributed by atoms with Crippen molar-refractivity contribution in [2.45, 2.75) is 13.0 Å². The van der Waals surface area contributed by atoms with Crippen LogP contribution in [0.1, 0.15) is 12.0 Å². The lowest BCUT2D eigenvalue weighted by Gasteiger charge is -2.27. The highest BCUT2D eigenvalue weighted by Crippen LogP contribution is 2.24. The van der Waals surface area contributed by atoms with Crippen molar-refractivity contribution in [1.29, 1.82) is 0 Å². The van der Waals surface area contributed by atoms with E-state index in [2.05, 4.69) is 4.90 Å². The molecule has 0 bridgehead atoms. The van der Waals surface area contributed by atoms with Crippen LogP contribution in [0.3, 0.4) is 0 Å². The van der Waals surface area contributed by atoms with Gasteiger partial charge in [-0.05, 0) is 24.1 Å². The first-order chi connectivity index (χ1) is 13.9. The highest BCUT2D eigenvalue weighted by molar-refractivity contribution is 6.42. The summed E-state index contributed by atoms with van der Waals surface area (Å²) in [6, 6.07) is 5.13. The Kier molecular flexibility index (Phi) is 7.51. The zero-order valence-electron chi connectivity index (χ0n) is 16.4. The van der Waals surface area contributed by atoms with Crippen LogP contribution in [0.5, 0.6) is 0 Å². The molecule has 0 saturated carbocycles. The third-order valence-corrected chi connectivity index (χ3v) is 6.04. The molecular weight excluding hydrogens is 417 g/mol. The molecule has 0 N–H and O–H groups in total. The maximum absolute atomic E-state index is 12.8. The van der Waals surface area contributed by atoms with Crippen molar-refractivity contribution >= 4 is 40.8 Å². The van der Waals surface area contributed by atoms with Gasteiger partial charge >= 0.3 is 0 Å². The van der Waals surface area contributed by atoms with E-state index in [0.29, 0.717) is 16.6 Å². The fraction of sp³-hybridized carbons (Fsp3) is 0.550. The molecule has 1 aromatic rings. The highest BCUT2D eigenvalue weighted by Gasteiger charge is 2.43. The van der Waals surface area contributed by atoms with Gasteiger partial charge in [0.2, 0.25) is 11.7 Å². The molecule has 2 aliphatic heterocycles. The van der Waals surface area contributed by atoms with Gasteiger partial charge < -0.3 is 14.5 Å². The van der Waals surface area contributed by atoms with Crippen molar-refractivity contribution < 1.29 is 19.1 Å². The van der Waals surface area contributed by atoms with E-state index in [1.807, 2.05) is 0 Å². The number of carbonyl (C=O) groups excluding carboxylic acids is 3. The van der Waals surface area contributed by atoms with Gasteiger partial charge in [-0.1, -0.05) is 29.3 Å². The molecule has 29 heavy (non-hydrogen) atoms. The number of carbonyl (C=O) groups is 3. The van der Waals surface area contributed by atoms with E-state index in [1.54, 1.807) is 25.2 Å². The summed E-state index contributed by atoms with van der Waals surface area (Å²) in [5.74, 6) is -2.49. The van der Waals surface area contributed by atoms with E-state index in [9.17, 15) is 14.4 Å². The standard InChI is InChI=1S/C20H25Cl2N3O4/c1-23(12-14-3-4-16(21)17(22)11-14)19(27)15-13-25(20(28)18(15)26)6-2-5-24-7-9-29-10-8-24/h3-4,11,15H,2,5-10,12-13H2,1H3. The molecule has 2 aliphatic rings. The lowest BCUT2D eigenvalue weighted by atomic mass is 10.1. The Morgan fingerprint density at radius 3 is 2.59 bits per heavy atom. The second-order valence-corrected chi connectivity index (χ2v) is 8.23. The topological polar surface area (TPSA) is 70.2 Å². The van der Waals surface area contributed by atoms with Gasteiger partial charge in [0.1, 0.15) is 5.92 Å². The van der Waals surface area contributed by atoms with Crippen molar-refractivity contribution in [2.75, 3.05) is 53.0 Å². The molecule has 0 radical (unpaired) electrons. The number of likely N-dealkylation sites (tertiary alicyclic amines) is 1. The number of halogens is 2. The van der Waals surface area contributed by atoms with Gasteiger partial charge in [0.25, 0.3) is 5.91 Å². The summed E-state index contributed by atoms with van der Waals surface area (Å²) < 4.78 is 5.32. The molecule has 2 fully saturated rings. The third kappa shape index (κ3) is 5.48. The van der Waals surface area contributed by atoms with Crippen LogP contribution in [-0.4, -0.2) is 85.3 Å². The second kappa shape index (κ2) is 9.89. The predicted octanol–water partition coefficient (Wildman–Crippen LogP) is 1.70. The molecule has 2 saturated heterocycles. The van der Waals surface area contributed by atoms with Crippen LogP contribution in [-0.2, 0) is 25.7 Å². The number of hydrogen-bond acceptors (Lipinski definition) is 5. The zero-order chi connectivity index (χ0) is 21.0. The van der Waals surface area contributed by atoms with E-state index in [1.165, 1.54) is 9.80 Å². The van der Waals surface area contributed by atoms with Crippen LogP contribution in [0.25, 0.3) is 0 Å². The number of ketones is 1. The van der Waals surface area contributed by atoms with Crippen molar-refractivity contribution in [3.8, 4) is 0 Å². The number of hydrogen-bond donors (Lipinski definition) is 0. The Hall–Kier alpha value is -1.67. The number of morpholine rings is 1. The summed E-state index contributed by atoms with van der Waals surface area (Å²) >= 11 is 11.9. The monoisotopic (exact) mass is 441 g/mol. The average Bonchev–Trinajstić information content (AvgIpc) is 2.99. The fourth-order valence-corrected chi connectivity index (χ4v) is 3.96. The summed E-state index contributed by atoms with van der Waals surface area (Å²) in [7, 11) is 1.61. The minimum Gasteiger partial charge on any atom is -0.379 e. The molecule has 3 rings (SSSR count). The van der Waals surface area contributed by atoms with Crippen LogP contribution in [0, 0.1) is 5.92 Å². The predicted molar refractivity (Wildman–Crippen MR) is 110 cm³/mol. The molecule has 2 heterocycles. The quantitative estimate of drug-likeness (QED) is 0.475. The average molecular weight is 442 g/mol. The molecule has 2 amide bonds. The molecule has 1 aromatic carbocycles. The van der Waals surface area contributed by atoms with E-state index < -0.39 is 17.6 Å². The van der Waals surface area contributed by atoms with Gasteiger partial charge in [-0.25, -0.2) is 0 Å². The Morgan fingerprint density at radius 1 is 1.17 bits per heavy atom. The molecular formula is C20H25Cl2N3O4. The minimum atomic E-state index is -0.946. The summed E-state index contributed by atoms with van der Waals surface area (Å²) in [6.45, 7) is 4.96. The minimum absolute atomic E-state index is 0.144. The number of nitrogens with zero attached hydrogens (tertiary/aromatic N) is 3. The van der Waals surface area contributed by atoms with E-state index in [0.717, 1.165) is 44.8 Å². The SMILES string of the molecule is CN(Cc1ccc(Cl)c(Cl)c1)C(=O)C1CN(CCCN2CCOCC2)C(=O)C1=O. The Morgan fingerprint density at radius 2 is 1.90 bits per heavy atom. The largest absolute Gasteiger partial charge is 0.379 e. The highest BCUT2D eigenvalue weighted by atomic mass is 35.5. The van der Waals surface area contributed by atoms with Crippen molar-refractivity contribution in [3.05, 3.63) is 33.8 Å². The first-order valence-electron chi connectivity index (χ1n) is 9.69. The number of ether oxygens (including phenoxy) is 1. The summed E-state index contributed by atoms with van der Waals surface area (Å²) in [4.78, 5) is 42.7. The molecule has 1 atom stereocenters. The summed E-state index contributed by atoms with van der Waals surface area (Å²) in [6.07, 6.45) is 0.763. The van der Waals surface area contributed by atoms with Crippen molar-refractivity contribution in [2.24, 2.45) is 5.92 Å². The van der Waals surface area contributed by atoms with Crippen LogP contribution >= 0.6 is 23.2 Å². The lowest BCUT2D eigenvalue weighted by Crippen LogP contribution is -2.38. The van der Waals surface area contributed by atoms with Gasteiger partial charge in [0, 0.05) is 46.3 Å². The Labute approximate surface area is 180 Å². The zero-order valence-corrected chi connectivity index (χ0v) is 17.9. The number of amides is 2. The summed E-state index contributed by atoms with van der Waals surface area (Å²) in [5, 5.41) is 0.845. The maximum Gasteiger partial charge on any atom is 0.290 e. The Bertz CT molecular complexity index is 783. The molecule has 158 valence electrons. The molecule has 9 heteroatoms. The van der Waals surface area contributed by atoms with Gasteiger partial charge in [-0.15, -0.1) is 0 Å². The van der Waals surface area contributed by atoms with Crippen LogP contribution < -0.4 is 0 Å². The van der Waals surface area contributed by atoms with Crippen LogP contribution in [0.4, 0.5) is 0 Å². The van der Waals surface area contributed by atoms with Crippen LogP contribution in [0.15, 0.2) is 18.2 Å². The smallest absolute Gasteiger partial charge is 0.290 e. The molecule has 1 unspecified atom stereocenters. The molecule has 7 nitrogen and oxygen atoms in total. The molecule has 0 aromatic heterocycles. The van der Waals surface area contributed by atoms with E-state index >= 15 is 0 Å². The number of rotatable bonds is 7. The Balaban J connectivity index is 1.52. The first-order valence-corrected chi connectivity index (χ1v) is 10.4. The van der Waals surface area contributed by atoms with Gasteiger partial charge in [0.05, 0.1) is 23.3 Å². The van der Waals surface area contributed by atoms with Gasteiger partial charge in [-0.2, -0.15) is 0 Å². The van der Waals surface area contributed by atoms with E-state index in [-0.39, 0.29) is 19.0 Å². The summed E-state index contributed by atoms with van der Waals surface area (Å²) in [5.41, 5.74) is 0.800. The van der Waals surface area contributed by atoms with E-state index in [4.69, 9.17) is 27.9 Å². The maximum atomic E-state index is 12.8.